The maximum atomic E-state index is 12.3. The van der Waals surface area contributed by atoms with E-state index in [-0.39, 0.29) is 11.8 Å². The van der Waals surface area contributed by atoms with Crippen LogP contribution in [-0.2, 0) is 11.3 Å². The van der Waals surface area contributed by atoms with Crippen molar-refractivity contribution in [3.05, 3.63) is 52.6 Å². The second-order valence-electron chi connectivity index (χ2n) is 6.04. The third kappa shape index (κ3) is 3.70. The maximum absolute atomic E-state index is 12.3. The van der Waals surface area contributed by atoms with E-state index in [2.05, 4.69) is 41.5 Å². The minimum Gasteiger partial charge on any atom is -0.351 e. The third-order valence-corrected chi connectivity index (χ3v) is 5.52. The highest BCUT2D eigenvalue weighted by atomic mass is 32.1. The molecule has 4 heteroatoms. The summed E-state index contributed by atoms with van der Waals surface area (Å²) in [4.78, 5) is 18.1. The summed E-state index contributed by atoms with van der Waals surface area (Å²) in [6, 6.07) is 8.28. The molecule has 3 rings (SSSR count). The smallest absolute Gasteiger partial charge is 0.223 e. The van der Waals surface area contributed by atoms with Gasteiger partial charge in [0.2, 0.25) is 5.91 Å². The Morgan fingerprint density at radius 3 is 2.87 bits per heavy atom. The van der Waals surface area contributed by atoms with Crippen LogP contribution in [0.5, 0.6) is 0 Å². The van der Waals surface area contributed by atoms with Gasteiger partial charge >= 0.3 is 0 Å². The van der Waals surface area contributed by atoms with E-state index in [1.54, 1.807) is 11.3 Å². The first-order valence-electron chi connectivity index (χ1n) is 8.10. The number of allylic oxidation sites excluding steroid dienone is 2. The number of aryl methyl sites for hydroxylation is 2. The van der Waals surface area contributed by atoms with Gasteiger partial charge in [-0.15, -0.1) is 11.3 Å². The van der Waals surface area contributed by atoms with Crippen LogP contribution >= 0.6 is 11.3 Å². The predicted octanol–water partition coefficient (Wildman–Crippen LogP) is 4.40. The van der Waals surface area contributed by atoms with E-state index in [0.717, 1.165) is 34.8 Å². The second kappa shape index (κ2) is 7.09. The van der Waals surface area contributed by atoms with Crippen LogP contribution in [0.3, 0.4) is 0 Å². The molecular formula is C19H22N2OS. The summed E-state index contributed by atoms with van der Waals surface area (Å²) in [5.41, 5.74) is 3.42. The number of aromatic nitrogens is 1. The maximum Gasteiger partial charge on any atom is 0.223 e. The molecule has 0 aliphatic heterocycles. The first-order valence-corrected chi connectivity index (χ1v) is 8.92. The quantitative estimate of drug-likeness (QED) is 0.846. The van der Waals surface area contributed by atoms with Crippen LogP contribution in [0.2, 0.25) is 0 Å². The van der Waals surface area contributed by atoms with Crippen molar-refractivity contribution in [2.45, 2.75) is 39.7 Å². The minimum absolute atomic E-state index is 0.129. The van der Waals surface area contributed by atoms with Crippen molar-refractivity contribution >= 4 is 17.2 Å². The summed E-state index contributed by atoms with van der Waals surface area (Å²) in [5, 5.41) is 4.12. The number of rotatable bonds is 4. The molecule has 1 N–H and O–H groups in total. The molecule has 0 fully saturated rings. The number of amides is 1. The third-order valence-electron chi connectivity index (χ3n) is 4.33. The Hall–Kier alpha value is -1.94. The van der Waals surface area contributed by atoms with Crippen molar-refractivity contribution in [1.29, 1.82) is 0 Å². The molecule has 0 spiro atoms. The second-order valence-corrected chi connectivity index (χ2v) is 7.13. The molecule has 3 nitrogen and oxygen atoms in total. The van der Waals surface area contributed by atoms with Crippen LogP contribution in [0.4, 0.5) is 0 Å². The Kier molecular flexibility index (Phi) is 4.91. The zero-order chi connectivity index (χ0) is 16.2. The largest absolute Gasteiger partial charge is 0.351 e. The normalized spacial score (nSPS) is 17.2. The van der Waals surface area contributed by atoms with Crippen molar-refractivity contribution in [1.82, 2.24) is 10.3 Å². The molecule has 1 heterocycles. The lowest BCUT2D eigenvalue weighted by atomic mass is 9.94. The summed E-state index contributed by atoms with van der Waals surface area (Å²) in [5.74, 6) is 0.295. The molecule has 1 aliphatic rings. The Morgan fingerprint density at radius 1 is 1.30 bits per heavy atom. The van der Waals surface area contributed by atoms with Gasteiger partial charge in [0.25, 0.3) is 0 Å². The highest BCUT2D eigenvalue weighted by Gasteiger charge is 2.19. The molecular weight excluding hydrogens is 304 g/mol. The SMILES string of the molecule is Cc1ccccc1-c1nc(C)c(CNC(=O)C2CC=CCC2)s1. The van der Waals surface area contributed by atoms with E-state index in [9.17, 15) is 4.79 Å². The zero-order valence-corrected chi connectivity index (χ0v) is 14.5. The lowest BCUT2D eigenvalue weighted by Crippen LogP contribution is -2.30. The molecule has 1 aliphatic carbocycles. The molecule has 1 aromatic heterocycles. The molecule has 120 valence electrons. The topological polar surface area (TPSA) is 42.0 Å². The fourth-order valence-corrected chi connectivity index (χ4v) is 3.96. The van der Waals surface area contributed by atoms with E-state index in [0.29, 0.717) is 6.54 Å². The molecule has 0 bridgehead atoms. The summed E-state index contributed by atoms with van der Waals surface area (Å²) in [7, 11) is 0. The summed E-state index contributed by atoms with van der Waals surface area (Å²) in [6.07, 6.45) is 7.10. The van der Waals surface area contributed by atoms with E-state index < -0.39 is 0 Å². The molecule has 1 aromatic carbocycles. The predicted molar refractivity (Wildman–Crippen MR) is 95.4 cm³/mol. The number of nitrogens with zero attached hydrogens (tertiary/aromatic N) is 1. The average Bonchev–Trinajstić information content (AvgIpc) is 2.94. The van der Waals surface area contributed by atoms with Crippen LogP contribution in [-0.4, -0.2) is 10.9 Å². The fraction of sp³-hybridized carbons (Fsp3) is 0.368. The monoisotopic (exact) mass is 326 g/mol. The molecule has 2 aromatic rings. The van der Waals surface area contributed by atoms with Gasteiger partial charge in [-0.3, -0.25) is 4.79 Å². The Labute approximate surface area is 141 Å². The highest BCUT2D eigenvalue weighted by Crippen LogP contribution is 2.30. The molecule has 0 radical (unpaired) electrons. The number of carbonyl (C=O) groups is 1. The van der Waals surface area contributed by atoms with Gasteiger partial charge in [-0.05, 0) is 38.7 Å². The van der Waals surface area contributed by atoms with Gasteiger partial charge in [0.15, 0.2) is 0 Å². The van der Waals surface area contributed by atoms with Crippen molar-refractivity contribution < 1.29 is 4.79 Å². The van der Waals surface area contributed by atoms with Crippen LogP contribution < -0.4 is 5.32 Å². The van der Waals surface area contributed by atoms with Crippen LogP contribution in [0.25, 0.3) is 10.6 Å². The van der Waals surface area contributed by atoms with E-state index in [1.165, 1.54) is 11.1 Å². The van der Waals surface area contributed by atoms with Gasteiger partial charge in [-0.25, -0.2) is 4.98 Å². The molecule has 0 saturated carbocycles. The number of nitrogens with one attached hydrogen (secondary N) is 1. The van der Waals surface area contributed by atoms with Gasteiger partial charge < -0.3 is 5.32 Å². The number of hydrogen-bond acceptors (Lipinski definition) is 3. The van der Waals surface area contributed by atoms with Crippen molar-refractivity contribution in [2.24, 2.45) is 5.92 Å². The molecule has 0 saturated heterocycles. The Bertz CT molecular complexity index is 733. The van der Waals surface area contributed by atoms with Gasteiger partial charge in [-0.1, -0.05) is 36.4 Å². The van der Waals surface area contributed by atoms with Gasteiger partial charge in [0, 0.05) is 16.4 Å². The summed E-state index contributed by atoms with van der Waals surface area (Å²) >= 11 is 1.68. The lowest BCUT2D eigenvalue weighted by Gasteiger charge is -2.16. The number of hydrogen-bond donors (Lipinski definition) is 1. The van der Waals surface area contributed by atoms with Crippen molar-refractivity contribution in [2.75, 3.05) is 0 Å². The number of thiazole rings is 1. The van der Waals surface area contributed by atoms with Crippen molar-refractivity contribution in [3.8, 4) is 10.6 Å². The Balaban J connectivity index is 1.68. The van der Waals surface area contributed by atoms with Crippen LogP contribution in [0, 0.1) is 19.8 Å². The van der Waals surface area contributed by atoms with Crippen molar-refractivity contribution in [3.63, 3.8) is 0 Å². The van der Waals surface area contributed by atoms with E-state index in [4.69, 9.17) is 0 Å². The average molecular weight is 326 g/mol. The first kappa shape index (κ1) is 15.9. The summed E-state index contributed by atoms with van der Waals surface area (Å²) in [6.45, 7) is 4.70. The molecule has 1 atom stereocenters. The lowest BCUT2D eigenvalue weighted by molar-refractivity contribution is -0.125. The standard InChI is InChI=1S/C19H22N2OS/c1-13-8-6-7-11-16(13)19-21-14(2)17(23-19)12-20-18(22)15-9-4-3-5-10-15/h3-4,6-8,11,15H,5,9-10,12H2,1-2H3,(H,20,22). The number of carbonyl (C=O) groups excluding carboxylic acids is 1. The zero-order valence-electron chi connectivity index (χ0n) is 13.6. The Morgan fingerprint density at radius 2 is 2.13 bits per heavy atom. The highest BCUT2D eigenvalue weighted by molar-refractivity contribution is 7.15. The molecule has 23 heavy (non-hydrogen) atoms. The minimum atomic E-state index is 0.129. The molecule has 1 unspecified atom stereocenters. The molecule has 1 amide bonds. The van der Waals surface area contributed by atoms with E-state index >= 15 is 0 Å². The van der Waals surface area contributed by atoms with E-state index in [1.807, 2.05) is 19.1 Å². The van der Waals surface area contributed by atoms with Gasteiger partial charge in [0.1, 0.15) is 5.01 Å². The first-order chi connectivity index (χ1) is 11.1. The fourth-order valence-electron chi connectivity index (χ4n) is 2.86. The summed E-state index contributed by atoms with van der Waals surface area (Å²) < 4.78 is 0. The van der Waals surface area contributed by atoms with Gasteiger partial charge in [0.05, 0.1) is 12.2 Å². The van der Waals surface area contributed by atoms with Gasteiger partial charge in [-0.2, -0.15) is 0 Å². The van der Waals surface area contributed by atoms with Crippen LogP contribution in [0.15, 0.2) is 36.4 Å². The number of benzene rings is 1. The van der Waals surface area contributed by atoms with Crippen LogP contribution in [0.1, 0.15) is 35.4 Å².